The van der Waals surface area contributed by atoms with Crippen LogP contribution in [0.4, 0.5) is 4.39 Å². The molecule has 17 heavy (non-hydrogen) atoms. The summed E-state index contributed by atoms with van der Waals surface area (Å²) in [4.78, 5) is 0. The minimum Gasteiger partial charge on any atom is -0.311 e. The highest BCUT2D eigenvalue weighted by Gasteiger charge is 2.17. The fourth-order valence-electron chi connectivity index (χ4n) is 1.66. The van der Waals surface area contributed by atoms with Crippen LogP contribution < -0.4 is 5.32 Å². The maximum absolute atomic E-state index is 13.6. The molecule has 0 radical (unpaired) electrons. The molecule has 0 aliphatic heterocycles. The molecule has 2 aromatic rings. The summed E-state index contributed by atoms with van der Waals surface area (Å²) in [5.41, 5.74) is 1.21. The highest BCUT2D eigenvalue weighted by atomic mass is 35.5. The Morgan fingerprint density at radius 2 is 2.35 bits per heavy atom. The van der Waals surface area contributed by atoms with Gasteiger partial charge in [-0.05, 0) is 25.6 Å². The number of hydrogen-bond donors (Lipinski definition) is 2. The predicted octanol–water partition coefficient (Wildman–Crippen LogP) is 2.10. The largest absolute Gasteiger partial charge is 0.311 e. The van der Waals surface area contributed by atoms with Gasteiger partial charge < -0.3 is 5.32 Å². The third kappa shape index (κ3) is 2.62. The highest BCUT2D eigenvalue weighted by Crippen LogP contribution is 2.24. The summed E-state index contributed by atoms with van der Waals surface area (Å²) in [5.74, 6) is -0.304. The summed E-state index contributed by atoms with van der Waals surface area (Å²) in [5, 5.41) is 13.7. The van der Waals surface area contributed by atoms with E-state index in [1.54, 1.807) is 25.4 Å². The molecule has 1 unspecified atom stereocenters. The Kier molecular flexibility index (Phi) is 3.71. The molecule has 1 aromatic carbocycles. The van der Waals surface area contributed by atoms with Gasteiger partial charge in [-0.3, -0.25) is 0 Å². The maximum Gasteiger partial charge on any atom is 0.127 e. The van der Waals surface area contributed by atoms with Gasteiger partial charge in [0.1, 0.15) is 5.82 Å². The number of nitrogens with zero attached hydrogens (tertiary/aromatic N) is 2. The van der Waals surface area contributed by atoms with E-state index in [1.807, 2.05) is 0 Å². The van der Waals surface area contributed by atoms with Crippen molar-refractivity contribution in [1.82, 2.24) is 20.7 Å². The number of H-pyrrole nitrogens is 1. The third-order valence-electron chi connectivity index (χ3n) is 2.61. The predicted molar refractivity (Wildman–Crippen MR) is 63.3 cm³/mol. The van der Waals surface area contributed by atoms with Gasteiger partial charge in [-0.2, -0.15) is 15.4 Å². The van der Waals surface area contributed by atoms with Crippen molar-refractivity contribution in [1.29, 1.82) is 0 Å². The van der Waals surface area contributed by atoms with Crippen LogP contribution in [-0.4, -0.2) is 22.5 Å². The zero-order chi connectivity index (χ0) is 12.3. The molecule has 2 rings (SSSR count). The summed E-state index contributed by atoms with van der Waals surface area (Å²) in [6.07, 6.45) is 2.03. The van der Waals surface area contributed by atoms with Gasteiger partial charge in [-0.15, -0.1) is 0 Å². The summed E-state index contributed by atoms with van der Waals surface area (Å²) >= 11 is 5.98. The lowest BCUT2D eigenvalue weighted by atomic mass is 10.0. The number of benzene rings is 1. The Bertz CT molecular complexity index is 466. The molecule has 0 fully saturated rings. The van der Waals surface area contributed by atoms with Gasteiger partial charge in [0, 0.05) is 10.6 Å². The standard InChI is InChI=1S/C11H12ClFN4/c1-14-10(11-6-15-17-16-11)5-7-8(12)3-2-4-9(7)13/h2-4,6,10,14H,5H2,1H3,(H,15,16,17). The first kappa shape index (κ1) is 12.0. The van der Waals surface area contributed by atoms with E-state index in [2.05, 4.69) is 20.7 Å². The van der Waals surface area contributed by atoms with Gasteiger partial charge in [0.15, 0.2) is 0 Å². The van der Waals surface area contributed by atoms with E-state index in [0.717, 1.165) is 5.69 Å². The van der Waals surface area contributed by atoms with Crippen LogP contribution in [-0.2, 0) is 6.42 Å². The molecule has 0 spiro atoms. The number of rotatable bonds is 4. The van der Waals surface area contributed by atoms with Crippen molar-refractivity contribution in [2.45, 2.75) is 12.5 Å². The monoisotopic (exact) mass is 254 g/mol. The number of likely N-dealkylation sites (N-methyl/N-ethyl adjacent to an activating group) is 1. The van der Waals surface area contributed by atoms with Crippen molar-refractivity contribution in [3.8, 4) is 0 Å². The fraction of sp³-hybridized carbons (Fsp3) is 0.273. The molecule has 1 aromatic heterocycles. The molecule has 0 aliphatic rings. The van der Waals surface area contributed by atoms with Crippen LogP contribution in [0.3, 0.4) is 0 Å². The summed E-state index contributed by atoms with van der Waals surface area (Å²) in [6.45, 7) is 0. The molecule has 90 valence electrons. The average Bonchev–Trinajstić information content (AvgIpc) is 2.82. The highest BCUT2D eigenvalue weighted by molar-refractivity contribution is 6.31. The summed E-state index contributed by atoms with van der Waals surface area (Å²) in [7, 11) is 1.79. The number of halogens is 2. The topological polar surface area (TPSA) is 53.6 Å². The van der Waals surface area contributed by atoms with Crippen LogP contribution in [0.15, 0.2) is 24.4 Å². The molecular weight excluding hydrogens is 243 g/mol. The zero-order valence-electron chi connectivity index (χ0n) is 9.24. The Morgan fingerprint density at radius 3 is 2.94 bits per heavy atom. The van der Waals surface area contributed by atoms with Gasteiger partial charge >= 0.3 is 0 Å². The molecule has 1 atom stereocenters. The maximum atomic E-state index is 13.6. The molecule has 0 bridgehead atoms. The molecule has 2 N–H and O–H groups in total. The first-order valence-corrected chi connectivity index (χ1v) is 5.56. The molecule has 1 heterocycles. The van der Waals surface area contributed by atoms with Crippen LogP contribution in [0.2, 0.25) is 5.02 Å². The van der Waals surface area contributed by atoms with Gasteiger partial charge in [-0.25, -0.2) is 4.39 Å². The average molecular weight is 255 g/mol. The van der Waals surface area contributed by atoms with Gasteiger partial charge in [0.2, 0.25) is 0 Å². The molecule has 0 saturated heterocycles. The quantitative estimate of drug-likeness (QED) is 0.879. The second-order valence-electron chi connectivity index (χ2n) is 3.64. The van der Waals surface area contributed by atoms with Crippen molar-refractivity contribution in [3.05, 3.63) is 46.5 Å². The van der Waals surface area contributed by atoms with Crippen molar-refractivity contribution >= 4 is 11.6 Å². The molecule has 6 heteroatoms. The molecule has 0 aliphatic carbocycles. The van der Waals surface area contributed by atoms with Gasteiger partial charge in [0.25, 0.3) is 0 Å². The lowest BCUT2D eigenvalue weighted by Gasteiger charge is -2.14. The van der Waals surface area contributed by atoms with Crippen molar-refractivity contribution in [3.63, 3.8) is 0 Å². The lowest BCUT2D eigenvalue weighted by molar-refractivity contribution is 0.544. The second kappa shape index (κ2) is 5.25. The Morgan fingerprint density at radius 1 is 1.53 bits per heavy atom. The first-order valence-electron chi connectivity index (χ1n) is 5.18. The fourth-order valence-corrected chi connectivity index (χ4v) is 1.90. The van der Waals surface area contributed by atoms with E-state index in [9.17, 15) is 4.39 Å². The van der Waals surface area contributed by atoms with Crippen molar-refractivity contribution < 1.29 is 4.39 Å². The zero-order valence-corrected chi connectivity index (χ0v) is 10.0. The van der Waals surface area contributed by atoms with E-state index in [0.29, 0.717) is 17.0 Å². The molecule has 0 amide bonds. The minimum atomic E-state index is -0.304. The second-order valence-corrected chi connectivity index (χ2v) is 4.05. The van der Waals surface area contributed by atoms with Gasteiger partial charge in [0.05, 0.1) is 17.9 Å². The third-order valence-corrected chi connectivity index (χ3v) is 2.96. The van der Waals surface area contributed by atoms with Crippen LogP contribution >= 0.6 is 11.6 Å². The first-order chi connectivity index (χ1) is 8.22. The Hall–Kier alpha value is -1.46. The molecular formula is C11H12ClFN4. The lowest BCUT2D eigenvalue weighted by Crippen LogP contribution is -2.20. The smallest absolute Gasteiger partial charge is 0.127 e. The molecule has 4 nitrogen and oxygen atoms in total. The summed E-state index contributed by atoms with van der Waals surface area (Å²) in [6, 6.07) is 4.54. The van der Waals surface area contributed by atoms with Crippen LogP contribution in [0.25, 0.3) is 0 Å². The van der Waals surface area contributed by atoms with Crippen molar-refractivity contribution in [2.75, 3.05) is 7.05 Å². The van der Waals surface area contributed by atoms with Crippen molar-refractivity contribution in [2.24, 2.45) is 0 Å². The van der Waals surface area contributed by atoms with E-state index < -0.39 is 0 Å². The number of hydrogen-bond acceptors (Lipinski definition) is 3. The normalized spacial score (nSPS) is 12.6. The van der Waals surface area contributed by atoms with E-state index in [-0.39, 0.29) is 11.9 Å². The number of aromatic amines is 1. The molecule has 0 saturated carbocycles. The number of nitrogens with one attached hydrogen (secondary N) is 2. The van der Waals surface area contributed by atoms with E-state index in [4.69, 9.17) is 11.6 Å². The van der Waals surface area contributed by atoms with Crippen LogP contribution in [0.5, 0.6) is 0 Å². The minimum absolute atomic E-state index is 0.122. The SMILES string of the molecule is CNC(Cc1c(F)cccc1Cl)c1cn[nH]n1. The van der Waals surface area contributed by atoms with Gasteiger partial charge in [-0.1, -0.05) is 17.7 Å². The van der Waals surface area contributed by atoms with E-state index >= 15 is 0 Å². The summed E-state index contributed by atoms with van der Waals surface area (Å²) < 4.78 is 13.6. The van der Waals surface area contributed by atoms with E-state index in [1.165, 1.54) is 6.07 Å². The Balaban J connectivity index is 2.25. The number of aromatic nitrogens is 3. The Labute approximate surface area is 103 Å². The van der Waals surface area contributed by atoms with Crippen LogP contribution in [0.1, 0.15) is 17.3 Å². The van der Waals surface area contributed by atoms with Crippen LogP contribution in [0, 0.1) is 5.82 Å².